The first-order chi connectivity index (χ1) is 10.3. The predicted molar refractivity (Wildman–Crippen MR) is 85.0 cm³/mol. The molecule has 3 nitrogen and oxygen atoms in total. The maximum Gasteiger partial charge on any atom is 0.101 e. The molecule has 0 radical (unpaired) electrons. The van der Waals surface area contributed by atoms with Gasteiger partial charge in [-0.15, -0.1) is 0 Å². The molecule has 0 saturated carbocycles. The molecule has 1 heterocycles. The number of aromatic amines is 1. The Morgan fingerprint density at radius 3 is 2.71 bits per heavy atom. The third-order valence-corrected chi connectivity index (χ3v) is 3.75. The number of hydrogen-bond acceptors (Lipinski definition) is 2. The van der Waals surface area contributed by atoms with Gasteiger partial charge in [0.25, 0.3) is 0 Å². The van der Waals surface area contributed by atoms with Gasteiger partial charge < -0.3 is 10.3 Å². The van der Waals surface area contributed by atoms with Gasteiger partial charge in [0, 0.05) is 23.6 Å². The number of nitrogens with zero attached hydrogens (tertiary/aromatic N) is 1. The van der Waals surface area contributed by atoms with Crippen molar-refractivity contribution in [2.75, 3.05) is 7.05 Å². The molecule has 0 saturated heterocycles. The van der Waals surface area contributed by atoms with Gasteiger partial charge in [-0.05, 0) is 42.3 Å². The molecule has 0 atom stereocenters. The van der Waals surface area contributed by atoms with Gasteiger partial charge in [0.1, 0.15) is 6.07 Å². The van der Waals surface area contributed by atoms with Gasteiger partial charge >= 0.3 is 0 Å². The molecular formula is C18H17N3. The first kappa shape index (κ1) is 13.4. The molecule has 104 valence electrons. The van der Waals surface area contributed by atoms with Crippen LogP contribution in [0.4, 0.5) is 0 Å². The third kappa shape index (κ3) is 2.67. The average Bonchev–Trinajstić information content (AvgIpc) is 2.92. The molecule has 1 aromatic heterocycles. The number of benzene rings is 2. The van der Waals surface area contributed by atoms with E-state index >= 15 is 0 Å². The smallest absolute Gasteiger partial charge is 0.101 e. The lowest BCUT2D eigenvalue weighted by molar-refractivity contribution is 0.808. The van der Waals surface area contributed by atoms with E-state index in [4.69, 9.17) is 5.26 Å². The van der Waals surface area contributed by atoms with E-state index in [1.165, 1.54) is 16.7 Å². The van der Waals surface area contributed by atoms with Crippen LogP contribution < -0.4 is 5.32 Å². The summed E-state index contributed by atoms with van der Waals surface area (Å²) >= 11 is 0. The molecule has 0 unspecified atom stereocenters. The zero-order chi connectivity index (χ0) is 14.7. The van der Waals surface area contributed by atoms with Crippen molar-refractivity contribution in [2.24, 2.45) is 0 Å². The Balaban J connectivity index is 1.97. The molecule has 3 rings (SSSR count). The standard InChI is InChI=1S/C18H17N3/c1-20-11-15-5-3-2-4-14(15)8-13-6-7-18-17(9-13)16(10-19)12-21-18/h2-7,9,12,20-21H,8,11H2,1H3. The van der Waals surface area contributed by atoms with Crippen molar-refractivity contribution in [3.05, 3.63) is 70.9 Å². The van der Waals surface area contributed by atoms with Crippen molar-refractivity contribution in [1.29, 1.82) is 5.26 Å². The molecule has 0 amide bonds. The molecule has 21 heavy (non-hydrogen) atoms. The number of fused-ring (bicyclic) bond motifs is 1. The molecule has 3 heteroatoms. The van der Waals surface area contributed by atoms with E-state index in [9.17, 15) is 0 Å². The van der Waals surface area contributed by atoms with Crippen LogP contribution in [-0.2, 0) is 13.0 Å². The van der Waals surface area contributed by atoms with E-state index in [0.29, 0.717) is 5.56 Å². The summed E-state index contributed by atoms with van der Waals surface area (Å²) in [5.41, 5.74) is 5.58. The second kappa shape index (κ2) is 5.82. The summed E-state index contributed by atoms with van der Waals surface area (Å²) in [6.07, 6.45) is 2.65. The highest BCUT2D eigenvalue weighted by Crippen LogP contribution is 2.22. The summed E-state index contributed by atoms with van der Waals surface area (Å²) in [7, 11) is 1.96. The molecule has 0 aliphatic carbocycles. The van der Waals surface area contributed by atoms with Gasteiger partial charge in [0.05, 0.1) is 5.56 Å². The highest BCUT2D eigenvalue weighted by molar-refractivity contribution is 5.86. The minimum atomic E-state index is 0.704. The quantitative estimate of drug-likeness (QED) is 0.767. The number of nitrogens with one attached hydrogen (secondary N) is 2. The van der Waals surface area contributed by atoms with Gasteiger partial charge in [-0.2, -0.15) is 5.26 Å². The molecule has 0 aliphatic heterocycles. The number of aromatic nitrogens is 1. The lowest BCUT2D eigenvalue weighted by atomic mass is 9.98. The largest absolute Gasteiger partial charge is 0.360 e. The zero-order valence-corrected chi connectivity index (χ0v) is 12.0. The Hall–Kier alpha value is -2.57. The summed E-state index contributed by atoms with van der Waals surface area (Å²) in [5.74, 6) is 0. The molecule has 0 bridgehead atoms. The zero-order valence-electron chi connectivity index (χ0n) is 12.0. The van der Waals surface area contributed by atoms with Crippen molar-refractivity contribution >= 4 is 10.9 Å². The Morgan fingerprint density at radius 2 is 1.95 bits per heavy atom. The van der Waals surface area contributed by atoms with Crippen LogP contribution in [0, 0.1) is 11.3 Å². The Kier molecular flexibility index (Phi) is 3.72. The molecule has 2 aromatic carbocycles. The van der Waals surface area contributed by atoms with Gasteiger partial charge in [0.2, 0.25) is 0 Å². The van der Waals surface area contributed by atoms with E-state index in [-0.39, 0.29) is 0 Å². The molecular weight excluding hydrogens is 258 g/mol. The fraction of sp³-hybridized carbons (Fsp3) is 0.167. The lowest BCUT2D eigenvalue weighted by Crippen LogP contribution is -2.07. The monoisotopic (exact) mass is 275 g/mol. The van der Waals surface area contributed by atoms with Crippen molar-refractivity contribution < 1.29 is 0 Å². The summed E-state index contributed by atoms with van der Waals surface area (Å²) < 4.78 is 0. The van der Waals surface area contributed by atoms with Crippen LogP contribution >= 0.6 is 0 Å². The SMILES string of the molecule is CNCc1ccccc1Cc1ccc2[nH]cc(C#N)c2c1. The number of H-pyrrole nitrogens is 1. The van der Waals surface area contributed by atoms with E-state index in [1.54, 1.807) is 6.20 Å². The molecule has 0 fully saturated rings. The Morgan fingerprint density at radius 1 is 1.14 bits per heavy atom. The van der Waals surface area contributed by atoms with Crippen LogP contribution in [0.15, 0.2) is 48.7 Å². The fourth-order valence-corrected chi connectivity index (χ4v) is 2.68. The van der Waals surface area contributed by atoms with E-state index < -0.39 is 0 Å². The van der Waals surface area contributed by atoms with Gasteiger partial charge in [-0.1, -0.05) is 30.3 Å². The van der Waals surface area contributed by atoms with Crippen LogP contribution in [-0.4, -0.2) is 12.0 Å². The number of nitriles is 1. The van der Waals surface area contributed by atoms with E-state index in [1.807, 2.05) is 13.1 Å². The van der Waals surface area contributed by atoms with Crippen LogP contribution in [0.1, 0.15) is 22.3 Å². The second-order valence-electron chi connectivity index (χ2n) is 5.17. The lowest BCUT2D eigenvalue weighted by Gasteiger charge is -2.09. The highest BCUT2D eigenvalue weighted by Gasteiger charge is 2.06. The van der Waals surface area contributed by atoms with Gasteiger partial charge in [-0.3, -0.25) is 0 Å². The summed E-state index contributed by atoms with van der Waals surface area (Å²) in [5, 5.41) is 13.3. The number of hydrogen-bond donors (Lipinski definition) is 2. The Bertz CT molecular complexity index is 809. The first-order valence-electron chi connectivity index (χ1n) is 7.03. The number of rotatable bonds is 4. The molecule has 0 spiro atoms. The van der Waals surface area contributed by atoms with Crippen LogP contribution in [0.3, 0.4) is 0 Å². The van der Waals surface area contributed by atoms with Crippen LogP contribution in [0.5, 0.6) is 0 Å². The van der Waals surface area contributed by atoms with Crippen LogP contribution in [0.25, 0.3) is 10.9 Å². The van der Waals surface area contributed by atoms with E-state index in [2.05, 4.69) is 52.8 Å². The van der Waals surface area contributed by atoms with Crippen molar-refractivity contribution in [3.8, 4) is 6.07 Å². The minimum absolute atomic E-state index is 0.704. The second-order valence-corrected chi connectivity index (χ2v) is 5.17. The maximum absolute atomic E-state index is 9.14. The third-order valence-electron chi connectivity index (χ3n) is 3.75. The van der Waals surface area contributed by atoms with Gasteiger partial charge in [0.15, 0.2) is 0 Å². The van der Waals surface area contributed by atoms with Crippen molar-refractivity contribution in [3.63, 3.8) is 0 Å². The molecule has 0 aliphatic rings. The average molecular weight is 275 g/mol. The molecule has 3 aromatic rings. The van der Waals surface area contributed by atoms with Gasteiger partial charge in [-0.25, -0.2) is 0 Å². The normalized spacial score (nSPS) is 10.7. The van der Waals surface area contributed by atoms with Crippen LogP contribution in [0.2, 0.25) is 0 Å². The topological polar surface area (TPSA) is 51.6 Å². The first-order valence-corrected chi connectivity index (χ1v) is 7.03. The Labute approximate surface area is 124 Å². The summed E-state index contributed by atoms with van der Waals surface area (Å²) in [4.78, 5) is 3.13. The summed E-state index contributed by atoms with van der Waals surface area (Å²) in [6, 6.07) is 17.0. The molecule has 2 N–H and O–H groups in total. The minimum Gasteiger partial charge on any atom is -0.360 e. The summed E-state index contributed by atoms with van der Waals surface area (Å²) in [6.45, 7) is 0.867. The maximum atomic E-state index is 9.14. The fourth-order valence-electron chi connectivity index (χ4n) is 2.68. The predicted octanol–water partition coefficient (Wildman–Crippen LogP) is 3.35. The van der Waals surface area contributed by atoms with Crippen molar-refractivity contribution in [2.45, 2.75) is 13.0 Å². The van der Waals surface area contributed by atoms with E-state index in [0.717, 1.165) is 23.9 Å². The van der Waals surface area contributed by atoms with Crippen molar-refractivity contribution in [1.82, 2.24) is 10.3 Å². The highest BCUT2D eigenvalue weighted by atomic mass is 14.8.